The molecule has 2 bridgehead atoms. The molecular weight excluding hydrogens is 320 g/mol. The van der Waals surface area contributed by atoms with Crippen molar-refractivity contribution in [2.45, 2.75) is 56.9 Å². The third kappa shape index (κ3) is 2.96. The summed E-state index contributed by atoms with van der Waals surface area (Å²) in [5.74, 6) is 0. The molecule has 4 heteroatoms. The van der Waals surface area contributed by atoms with Gasteiger partial charge in [-0.1, -0.05) is 24.3 Å². The Morgan fingerprint density at radius 1 is 1.08 bits per heavy atom. The minimum Gasteiger partial charge on any atom is -0.365 e. The number of nitriles is 1. The second-order valence-corrected chi connectivity index (χ2v) is 8.06. The fourth-order valence-electron chi connectivity index (χ4n) is 4.80. The number of hydrogen-bond donors (Lipinski definition) is 1. The highest BCUT2D eigenvalue weighted by molar-refractivity contribution is 5.98. The van der Waals surface area contributed by atoms with Crippen LogP contribution in [0.3, 0.4) is 0 Å². The Balaban J connectivity index is 1.63. The zero-order chi connectivity index (χ0) is 18.3. The number of piperidine rings is 1. The molecule has 2 fully saturated rings. The van der Waals surface area contributed by atoms with Crippen LogP contribution < -0.4 is 10.2 Å². The first-order chi connectivity index (χ1) is 12.6. The van der Waals surface area contributed by atoms with Gasteiger partial charge in [0.15, 0.2) is 0 Å². The molecule has 3 unspecified atom stereocenters. The third-order valence-electron chi connectivity index (χ3n) is 6.28. The number of fused-ring (bicyclic) bond motifs is 3. The van der Waals surface area contributed by atoms with Crippen LogP contribution in [-0.4, -0.2) is 43.3 Å². The molecule has 2 aliphatic rings. The summed E-state index contributed by atoms with van der Waals surface area (Å²) in [6.45, 7) is 2.24. The molecule has 26 heavy (non-hydrogen) atoms. The minimum atomic E-state index is 0.404. The van der Waals surface area contributed by atoms with Crippen LogP contribution in [0.1, 0.15) is 38.2 Å². The molecule has 4 nitrogen and oxygen atoms in total. The zero-order valence-electron chi connectivity index (χ0n) is 15.9. The van der Waals surface area contributed by atoms with E-state index in [0.29, 0.717) is 24.3 Å². The molecule has 0 amide bonds. The van der Waals surface area contributed by atoms with Crippen molar-refractivity contribution in [1.29, 1.82) is 5.26 Å². The average Bonchev–Trinajstić information content (AvgIpc) is 2.90. The van der Waals surface area contributed by atoms with Gasteiger partial charge in [-0.3, -0.25) is 10.2 Å². The summed E-state index contributed by atoms with van der Waals surface area (Å²) in [6.07, 6.45) is 5.34. The first-order valence-corrected chi connectivity index (χ1v) is 9.71. The van der Waals surface area contributed by atoms with E-state index in [1.54, 1.807) is 0 Å². The van der Waals surface area contributed by atoms with Crippen LogP contribution in [0.5, 0.6) is 0 Å². The van der Waals surface area contributed by atoms with Gasteiger partial charge in [-0.15, -0.1) is 0 Å². The molecule has 0 saturated carbocycles. The van der Waals surface area contributed by atoms with Crippen molar-refractivity contribution in [1.82, 2.24) is 10.2 Å². The Hall–Kier alpha value is -2.09. The molecule has 0 aliphatic carbocycles. The Bertz CT molecular complexity index is 824. The molecule has 0 radical (unpaired) electrons. The summed E-state index contributed by atoms with van der Waals surface area (Å²) in [5, 5.41) is 15.5. The van der Waals surface area contributed by atoms with Gasteiger partial charge in [-0.05, 0) is 58.8 Å². The van der Waals surface area contributed by atoms with E-state index in [1.807, 2.05) is 12.1 Å². The van der Waals surface area contributed by atoms with Crippen molar-refractivity contribution in [3.05, 3.63) is 42.0 Å². The van der Waals surface area contributed by atoms with Crippen molar-refractivity contribution >= 4 is 16.5 Å². The quantitative estimate of drug-likeness (QED) is 0.856. The maximum absolute atomic E-state index is 9.44. The van der Waals surface area contributed by atoms with Crippen LogP contribution >= 0.6 is 0 Å². The molecular formula is C22H28N4. The third-order valence-corrected chi connectivity index (χ3v) is 6.28. The lowest BCUT2D eigenvalue weighted by Gasteiger charge is -2.42. The molecule has 4 rings (SSSR count). The lowest BCUT2D eigenvalue weighted by molar-refractivity contribution is 0.217. The summed E-state index contributed by atoms with van der Waals surface area (Å²) in [5.41, 5.74) is 2.08. The van der Waals surface area contributed by atoms with Crippen molar-refractivity contribution in [2.24, 2.45) is 0 Å². The van der Waals surface area contributed by atoms with Crippen LogP contribution in [0.2, 0.25) is 0 Å². The molecule has 0 aromatic heterocycles. The number of benzene rings is 2. The number of hydrogen-bond acceptors (Lipinski definition) is 4. The molecule has 2 saturated heterocycles. The predicted molar refractivity (Wildman–Crippen MR) is 107 cm³/mol. The van der Waals surface area contributed by atoms with E-state index in [2.05, 4.69) is 66.5 Å². The molecule has 136 valence electrons. The van der Waals surface area contributed by atoms with E-state index >= 15 is 0 Å². The molecule has 0 spiro atoms. The number of nitrogens with zero attached hydrogens (tertiary/aromatic N) is 3. The maximum Gasteiger partial charge on any atom is 0.0998 e. The summed E-state index contributed by atoms with van der Waals surface area (Å²) in [7, 11) is 4.26. The summed E-state index contributed by atoms with van der Waals surface area (Å²) in [4.78, 5) is 4.89. The Labute approximate surface area is 156 Å². The topological polar surface area (TPSA) is 42.3 Å². The lowest BCUT2D eigenvalue weighted by atomic mass is 9.94. The van der Waals surface area contributed by atoms with Gasteiger partial charge in [0, 0.05) is 34.6 Å². The van der Waals surface area contributed by atoms with E-state index in [-0.39, 0.29) is 0 Å². The van der Waals surface area contributed by atoms with Crippen LogP contribution in [0, 0.1) is 11.3 Å². The van der Waals surface area contributed by atoms with Crippen molar-refractivity contribution in [3.63, 3.8) is 0 Å². The van der Waals surface area contributed by atoms with E-state index in [0.717, 1.165) is 10.9 Å². The van der Waals surface area contributed by atoms with Crippen molar-refractivity contribution in [3.8, 4) is 6.07 Å². The number of rotatable bonds is 4. The molecule has 2 aliphatic heterocycles. The monoisotopic (exact) mass is 348 g/mol. The van der Waals surface area contributed by atoms with Gasteiger partial charge in [0.1, 0.15) is 0 Å². The van der Waals surface area contributed by atoms with Gasteiger partial charge in [-0.25, -0.2) is 0 Å². The standard InChI is InChI=1S/C22H28N4/c1-15(25(2)3)24-17-12-18-9-10-19(13-17)26(18)22-11-8-16(14-23)20-6-4-5-7-21(20)22/h4-8,11,15,17-19,24H,9-10,12-13H2,1-3H3. The van der Waals surface area contributed by atoms with E-state index < -0.39 is 0 Å². The summed E-state index contributed by atoms with van der Waals surface area (Å²) >= 11 is 0. The average molecular weight is 348 g/mol. The highest BCUT2D eigenvalue weighted by Crippen LogP contribution is 2.42. The maximum atomic E-state index is 9.44. The smallest absolute Gasteiger partial charge is 0.0998 e. The Kier molecular flexibility index (Phi) is 4.60. The summed E-state index contributed by atoms with van der Waals surface area (Å²) < 4.78 is 0. The largest absolute Gasteiger partial charge is 0.365 e. The first kappa shape index (κ1) is 17.3. The first-order valence-electron chi connectivity index (χ1n) is 9.71. The predicted octanol–water partition coefficient (Wildman–Crippen LogP) is 3.71. The van der Waals surface area contributed by atoms with Crippen molar-refractivity contribution in [2.75, 3.05) is 19.0 Å². The number of anilines is 1. The van der Waals surface area contributed by atoms with Gasteiger partial charge in [-0.2, -0.15) is 5.26 Å². The van der Waals surface area contributed by atoms with Crippen LogP contribution in [0.25, 0.3) is 10.8 Å². The van der Waals surface area contributed by atoms with Gasteiger partial charge in [0.2, 0.25) is 0 Å². The Morgan fingerprint density at radius 3 is 2.35 bits per heavy atom. The SMILES string of the molecule is CC(NC1CC2CCC(C1)N2c1ccc(C#N)c2ccccc12)N(C)C. The van der Waals surface area contributed by atoms with Gasteiger partial charge < -0.3 is 4.90 Å². The van der Waals surface area contributed by atoms with Crippen LogP contribution in [0.15, 0.2) is 36.4 Å². The summed E-state index contributed by atoms with van der Waals surface area (Å²) in [6, 6.07) is 16.6. The molecule has 3 atom stereocenters. The highest BCUT2D eigenvalue weighted by atomic mass is 15.3. The fourth-order valence-corrected chi connectivity index (χ4v) is 4.80. The van der Waals surface area contributed by atoms with Gasteiger partial charge in [0.05, 0.1) is 17.8 Å². The molecule has 2 aromatic rings. The van der Waals surface area contributed by atoms with E-state index in [4.69, 9.17) is 0 Å². The second-order valence-electron chi connectivity index (χ2n) is 8.06. The molecule has 2 aromatic carbocycles. The highest BCUT2D eigenvalue weighted by Gasteiger charge is 2.41. The van der Waals surface area contributed by atoms with Gasteiger partial charge >= 0.3 is 0 Å². The zero-order valence-corrected chi connectivity index (χ0v) is 15.9. The fraction of sp³-hybridized carbons (Fsp3) is 0.500. The molecule has 1 N–H and O–H groups in total. The van der Waals surface area contributed by atoms with E-state index in [1.165, 1.54) is 36.8 Å². The normalized spacial score (nSPS) is 26.3. The minimum absolute atomic E-state index is 0.404. The lowest BCUT2D eigenvalue weighted by Crippen LogP contribution is -2.53. The number of nitrogens with one attached hydrogen (secondary N) is 1. The van der Waals surface area contributed by atoms with Gasteiger partial charge in [0.25, 0.3) is 0 Å². The molecule has 2 heterocycles. The van der Waals surface area contributed by atoms with Crippen molar-refractivity contribution < 1.29 is 0 Å². The second kappa shape index (κ2) is 6.90. The van der Waals surface area contributed by atoms with E-state index in [9.17, 15) is 5.26 Å². The van der Waals surface area contributed by atoms with Crippen LogP contribution in [0.4, 0.5) is 5.69 Å². The Morgan fingerprint density at radius 2 is 1.73 bits per heavy atom. The van der Waals surface area contributed by atoms with Crippen LogP contribution in [-0.2, 0) is 0 Å².